The lowest BCUT2D eigenvalue weighted by Crippen LogP contribution is -2.29. The smallest absolute Gasteiger partial charge is 0.306 e. The van der Waals surface area contributed by atoms with Crippen LogP contribution in [0.1, 0.15) is 32.6 Å². The highest BCUT2D eigenvalue weighted by Gasteiger charge is 2.35. The lowest BCUT2D eigenvalue weighted by Gasteiger charge is -2.24. The van der Waals surface area contributed by atoms with Gasteiger partial charge in [-0.25, -0.2) is 0 Å². The third-order valence-electron chi connectivity index (χ3n) is 2.30. The molecular weight excluding hydrogens is 144 g/mol. The van der Waals surface area contributed by atoms with Gasteiger partial charge in [-0.2, -0.15) is 0 Å². The summed E-state index contributed by atoms with van der Waals surface area (Å²) in [5.74, 6) is -0.756. The predicted octanol–water partition coefficient (Wildman–Crippen LogP) is 1.42. The number of rotatable bonds is 3. The molecule has 11 heavy (non-hydrogen) atoms. The highest BCUT2D eigenvalue weighted by atomic mass is 16.5. The number of hydrogen-bond donors (Lipinski definition) is 1. The summed E-state index contributed by atoms with van der Waals surface area (Å²) in [6.07, 6.45) is 2.86. The van der Waals surface area contributed by atoms with E-state index in [1.54, 1.807) is 0 Å². The van der Waals surface area contributed by atoms with Crippen LogP contribution in [0, 0.1) is 0 Å². The lowest BCUT2D eigenvalue weighted by molar-refractivity contribution is -0.143. The van der Waals surface area contributed by atoms with Crippen molar-refractivity contribution < 1.29 is 14.6 Å². The van der Waals surface area contributed by atoms with Gasteiger partial charge in [-0.1, -0.05) is 6.92 Å². The lowest BCUT2D eigenvalue weighted by atomic mass is 9.93. The first kappa shape index (κ1) is 8.53. The van der Waals surface area contributed by atoms with E-state index in [9.17, 15) is 4.79 Å². The molecule has 0 aromatic rings. The number of carboxylic acids is 1. The van der Waals surface area contributed by atoms with E-state index in [0.29, 0.717) is 0 Å². The van der Waals surface area contributed by atoms with E-state index < -0.39 is 5.97 Å². The van der Waals surface area contributed by atoms with Crippen molar-refractivity contribution in [2.45, 2.75) is 38.2 Å². The molecule has 0 aromatic carbocycles. The standard InChI is InChI=1S/C8H14O3/c1-2-8(6-7(9)10)4-3-5-11-8/h2-6H2,1H3,(H,9,10). The second-order valence-electron chi connectivity index (χ2n) is 3.06. The molecule has 0 radical (unpaired) electrons. The van der Waals surface area contributed by atoms with Crippen LogP contribution >= 0.6 is 0 Å². The van der Waals surface area contributed by atoms with Crippen molar-refractivity contribution in [1.29, 1.82) is 0 Å². The summed E-state index contributed by atoms with van der Waals surface area (Å²) < 4.78 is 5.42. The molecule has 0 amide bonds. The molecule has 0 spiro atoms. The molecule has 0 bridgehead atoms. The zero-order valence-electron chi connectivity index (χ0n) is 6.80. The molecule has 64 valence electrons. The Morgan fingerprint density at radius 3 is 2.82 bits per heavy atom. The van der Waals surface area contributed by atoms with Gasteiger partial charge in [0.1, 0.15) is 0 Å². The largest absolute Gasteiger partial charge is 0.481 e. The fourth-order valence-corrected chi connectivity index (χ4v) is 1.57. The van der Waals surface area contributed by atoms with Crippen molar-refractivity contribution in [3.8, 4) is 0 Å². The summed E-state index contributed by atoms with van der Waals surface area (Å²) in [7, 11) is 0. The first-order valence-corrected chi connectivity index (χ1v) is 4.04. The first-order valence-electron chi connectivity index (χ1n) is 4.04. The molecule has 1 heterocycles. The van der Waals surface area contributed by atoms with Gasteiger partial charge in [0.2, 0.25) is 0 Å². The number of carbonyl (C=O) groups is 1. The van der Waals surface area contributed by atoms with Gasteiger partial charge in [-0.05, 0) is 19.3 Å². The van der Waals surface area contributed by atoms with Crippen molar-refractivity contribution >= 4 is 5.97 Å². The fraction of sp³-hybridized carbons (Fsp3) is 0.875. The second kappa shape index (κ2) is 3.22. The Morgan fingerprint density at radius 1 is 1.73 bits per heavy atom. The molecule has 1 aliphatic rings. The Kier molecular flexibility index (Phi) is 2.49. The van der Waals surface area contributed by atoms with Crippen molar-refractivity contribution in [3.63, 3.8) is 0 Å². The maximum Gasteiger partial charge on any atom is 0.306 e. The van der Waals surface area contributed by atoms with Crippen molar-refractivity contribution in [2.24, 2.45) is 0 Å². The molecule has 3 heteroatoms. The molecule has 0 aliphatic carbocycles. The highest BCUT2D eigenvalue weighted by molar-refractivity contribution is 5.68. The number of hydrogen-bond acceptors (Lipinski definition) is 2. The van der Waals surface area contributed by atoms with Gasteiger partial charge in [-0.3, -0.25) is 4.79 Å². The quantitative estimate of drug-likeness (QED) is 0.675. The third kappa shape index (κ3) is 1.93. The maximum absolute atomic E-state index is 10.4. The number of carboxylic acid groups (broad SMARTS) is 1. The van der Waals surface area contributed by atoms with Gasteiger partial charge in [0, 0.05) is 6.61 Å². The van der Waals surface area contributed by atoms with E-state index in [1.165, 1.54) is 0 Å². The van der Waals surface area contributed by atoms with E-state index in [1.807, 2.05) is 6.92 Å². The van der Waals surface area contributed by atoms with Crippen molar-refractivity contribution in [1.82, 2.24) is 0 Å². The SMILES string of the molecule is CCC1(CC(=O)O)CCCO1. The summed E-state index contributed by atoms with van der Waals surface area (Å²) in [5, 5.41) is 8.59. The zero-order chi connectivity index (χ0) is 8.32. The molecule has 1 atom stereocenters. The summed E-state index contributed by atoms with van der Waals surface area (Å²) in [6, 6.07) is 0. The molecule has 1 saturated heterocycles. The minimum absolute atomic E-state index is 0.156. The Labute approximate surface area is 66.4 Å². The summed E-state index contributed by atoms with van der Waals surface area (Å²) in [5.41, 5.74) is -0.341. The van der Waals surface area contributed by atoms with Crippen molar-refractivity contribution in [3.05, 3.63) is 0 Å². The number of aliphatic carboxylic acids is 1. The van der Waals surface area contributed by atoms with Gasteiger partial charge < -0.3 is 9.84 Å². The van der Waals surface area contributed by atoms with Crippen LogP contribution in [0.15, 0.2) is 0 Å². The van der Waals surface area contributed by atoms with E-state index in [-0.39, 0.29) is 12.0 Å². The molecule has 0 aromatic heterocycles. The molecule has 1 fully saturated rings. The molecule has 0 saturated carbocycles. The normalized spacial score (nSPS) is 30.6. The highest BCUT2D eigenvalue weighted by Crippen LogP contribution is 2.31. The van der Waals surface area contributed by atoms with Gasteiger partial charge in [0.15, 0.2) is 0 Å². The monoisotopic (exact) mass is 158 g/mol. The first-order chi connectivity index (χ1) is 5.18. The average Bonchev–Trinajstić information content (AvgIpc) is 2.36. The molecule has 1 aliphatic heterocycles. The maximum atomic E-state index is 10.4. The Balaban J connectivity index is 2.52. The number of ether oxygens (including phenoxy) is 1. The van der Waals surface area contributed by atoms with Gasteiger partial charge in [0.05, 0.1) is 12.0 Å². The molecule has 1 N–H and O–H groups in total. The summed E-state index contributed by atoms with van der Waals surface area (Å²) in [4.78, 5) is 10.4. The third-order valence-corrected chi connectivity index (χ3v) is 2.30. The van der Waals surface area contributed by atoms with Crippen LogP contribution in [0.4, 0.5) is 0 Å². The van der Waals surface area contributed by atoms with Crippen LogP contribution in [-0.4, -0.2) is 23.3 Å². The van der Waals surface area contributed by atoms with Crippen LogP contribution in [0.3, 0.4) is 0 Å². The van der Waals surface area contributed by atoms with Gasteiger partial charge in [-0.15, -0.1) is 0 Å². The van der Waals surface area contributed by atoms with Crippen LogP contribution in [0.25, 0.3) is 0 Å². The van der Waals surface area contributed by atoms with Crippen LogP contribution in [0.5, 0.6) is 0 Å². The fourth-order valence-electron chi connectivity index (χ4n) is 1.57. The average molecular weight is 158 g/mol. The van der Waals surface area contributed by atoms with E-state index in [4.69, 9.17) is 9.84 Å². The predicted molar refractivity (Wildman–Crippen MR) is 40.5 cm³/mol. The Morgan fingerprint density at radius 2 is 2.45 bits per heavy atom. The Bertz CT molecular complexity index is 147. The topological polar surface area (TPSA) is 46.5 Å². The minimum atomic E-state index is -0.756. The minimum Gasteiger partial charge on any atom is -0.481 e. The van der Waals surface area contributed by atoms with Gasteiger partial charge >= 0.3 is 5.97 Å². The zero-order valence-corrected chi connectivity index (χ0v) is 6.80. The van der Waals surface area contributed by atoms with E-state index >= 15 is 0 Å². The van der Waals surface area contributed by atoms with E-state index in [2.05, 4.69) is 0 Å². The van der Waals surface area contributed by atoms with Crippen LogP contribution in [-0.2, 0) is 9.53 Å². The summed E-state index contributed by atoms with van der Waals surface area (Å²) >= 11 is 0. The van der Waals surface area contributed by atoms with Gasteiger partial charge in [0.25, 0.3) is 0 Å². The van der Waals surface area contributed by atoms with Crippen molar-refractivity contribution in [2.75, 3.05) is 6.61 Å². The molecule has 3 nitrogen and oxygen atoms in total. The second-order valence-corrected chi connectivity index (χ2v) is 3.06. The Hall–Kier alpha value is -0.570. The van der Waals surface area contributed by atoms with E-state index in [0.717, 1.165) is 25.9 Å². The molecule has 1 unspecified atom stereocenters. The molecular formula is C8H14O3. The summed E-state index contributed by atoms with van der Waals surface area (Å²) in [6.45, 7) is 2.70. The van der Waals surface area contributed by atoms with Crippen LogP contribution < -0.4 is 0 Å². The van der Waals surface area contributed by atoms with Crippen LogP contribution in [0.2, 0.25) is 0 Å². The molecule has 1 rings (SSSR count).